The number of ether oxygens (including phenoxy) is 2. The molecule has 35 heavy (non-hydrogen) atoms. The predicted molar refractivity (Wildman–Crippen MR) is 141 cm³/mol. The molecule has 0 aliphatic carbocycles. The van der Waals surface area contributed by atoms with Crippen LogP contribution in [0.15, 0.2) is 114 Å². The second-order valence-corrected chi connectivity index (χ2v) is 7.66. The molecule has 176 valence electrons. The molecule has 5 heteroatoms. The second kappa shape index (κ2) is 11.7. The number of carbonyl (C=O) groups is 1. The topological polar surface area (TPSA) is 51.1 Å². The minimum absolute atomic E-state index is 0.178. The molecule has 0 saturated carbocycles. The Hall–Kier alpha value is -4.38. The van der Waals surface area contributed by atoms with Gasteiger partial charge in [0.2, 0.25) is 0 Å². The minimum Gasteiger partial charge on any atom is -0.494 e. The standard InChI is InChI=1S/C30H28N2O3/c1-3-34-27-19-15-25(16-20-27)31-29(23-11-7-5-8-12-23)32(30(33)24-13-9-6-10-14-24)26-17-21-28(22-18-26)35-4-2/h5-22H,3-4H2,1-2H3. The van der Waals surface area contributed by atoms with Crippen molar-refractivity contribution in [1.82, 2.24) is 0 Å². The second-order valence-electron chi connectivity index (χ2n) is 7.66. The third kappa shape index (κ3) is 5.95. The van der Waals surface area contributed by atoms with Crippen molar-refractivity contribution in [3.63, 3.8) is 0 Å². The fourth-order valence-corrected chi connectivity index (χ4v) is 3.64. The van der Waals surface area contributed by atoms with Crippen LogP contribution in [0.4, 0.5) is 11.4 Å². The summed E-state index contributed by atoms with van der Waals surface area (Å²) in [7, 11) is 0. The number of rotatable bonds is 8. The largest absolute Gasteiger partial charge is 0.494 e. The molecule has 0 unspecified atom stereocenters. The summed E-state index contributed by atoms with van der Waals surface area (Å²) in [5, 5.41) is 0. The molecule has 0 atom stereocenters. The Morgan fingerprint density at radius 3 is 1.66 bits per heavy atom. The number of benzene rings is 4. The van der Waals surface area contributed by atoms with Gasteiger partial charge in [0.25, 0.3) is 5.91 Å². The monoisotopic (exact) mass is 464 g/mol. The Labute approximate surface area is 206 Å². The Kier molecular flexibility index (Phi) is 7.92. The smallest absolute Gasteiger partial charge is 0.264 e. The van der Waals surface area contributed by atoms with Gasteiger partial charge in [-0.25, -0.2) is 4.99 Å². The molecule has 0 aromatic heterocycles. The number of amidine groups is 1. The quantitative estimate of drug-likeness (QED) is 0.210. The summed E-state index contributed by atoms with van der Waals surface area (Å²) < 4.78 is 11.2. The summed E-state index contributed by atoms with van der Waals surface area (Å²) in [4.78, 5) is 20.5. The van der Waals surface area contributed by atoms with E-state index in [1.165, 1.54) is 0 Å². The lowest BCUT2D eigenvalue weighted by atomic mass is 10.1. The van der Waals surface area contributed by atoms with Gasteiger partial charge in [0.05, 0.1) is 24.6 Å². The first kappa shape index (κ1) is 23.8. The van der Waals surface area contributed by atoms with Gasteiger partial charge in [0.15, 0.2) is 0 Å². The summed E-state index contributed by atoms with van der Waals surface area (Å²) in [5.41, 5.74) is 2.79. The normalized spacial score (nSPS) is 11.1. The summed E-state index contributed by atoms with van der Waals surface area (Å²) in [6, 6.07) is 34.0. The molecule has 0 fully saturated rings. The van der Waals surface area contributed by atoms with Crippen molar-refractivity contribution in [2.24, 2.45) is 4.99 Å². The van der Waals surface area contributed by atoms with Gasteiger partial charge in [-0.2, -0.15) is 0 Å². The van der Waals surface area contributed by atoms with Gasteiger partial charge in [-0.1, -0.05) is 48.5 Å². The third-order valence-electron chi connectivity index (χ3n) is 5.26. The Morgan fingerprint density at radius 2 is 1.14 bits per heavy atom. The van der Waals surface area contributed by atoms with Crippen molar-refractivity contribution in [3.8, 4) is 11.5 Å². The molecule has 0 radical (unpaired) electrons. The van der Waals surface area contributed by atoms with Crippen molar-refractivity contribution < 1.29 is 14.3 Å². The third-order valence-corrected chi connectivity index (χ3v) is 5.26. The lowest BCUT2D eigenvalue weighted by Crippen LogP contribution is -2.37. The van der Waals surface area contributed by atoms with E-state index in [0.29, 0.717) is 36.0 Å². The van der Waals surface area contributed by atoms with Crippen LogP contribution in [-0.2, 0) is 0 Å². The first-order valence-electron chi connectivity index (χ1n) is 11.7. The number of hydrogen-bond acceptors (Lipinski definition) is 4. The fourth-order valence-electron chi connectivity index (χ4n) is 3.64. The van der Waals surface area contributed by atoms with E-state index in [2.05, 4.69) is 0 Å². The van der Waals surface area contributed by atoms with Crippen LogP contribution in [0.25, 0.3) is 0 Å². The van der Waals surface area contributed by atoms with Crippen LogP contribution in [0.2, 0.25) is 0 Å². The van der Waals surface area contributed by atoms with E-state index >= 15 is 0 Å². The van der Waals surface area contributed by atoms with E-state index in [-0.39, 0.29) is 5.91 Å². The van der Waals surface area contributed by atoms with Crippen LogP contribution >= 0.6 is 0 Å². The van der Waals surface area contributed by atoms with Gasteiger partial charge in [-0.15, -0.1) is 0 Å². The molecular formula is C30H28N2O3. The van der Waals surface area contributed by atoms with E-state index in [1.807, 2.05) is 123 Å². The first-order valence-corrected chi connectivity index (χ1v) is 11.7. The molecule has 0 saturated heterocycles. The molecule has 1 amide bonds. The SMILES string of the molecule is CCOc1ccc(N=C(c2ccccc2)N(C(=O)c2ccccc2)c2ccc(OCC)cc2)cc1. The van der Waals surface area contributed by atoms with E-state index in [9.17, 15) is 4.79 Å². The first-order chi connectivity index (χ1) is 17.2. The van der Waals surface area contributed by atoms with Gasteiger partial charge in [-0.05, 0) is 74.5 Å². The average Bonchev–Trinajstić information content (AvgIpc) is 2.91. The van der Waals surface area contributed by atoms with Gasteiger partial charge < -0.3 is 9.47 Å². The molecule has 4 rings (SSSR count). The molecule has 0 aliphatic heterocycles. The summed E-state index contributed by atoms with van der Waals surface area (Å²) in [6.45, 7) is 5.05. The highest BCUT2D eigenvalue weighted by atomic mass is 16.5. The predicted octanol–water partition coefficient (Wildman–Crippen LogP) is 6.91. The van der Waals surface area contributed by atoms with E-state index < -0.39 is 0 Å². The molecule has 4 aromatic carbocycles. The number of amides is 1. The lowest BCUT2D eigenvalue weighted by Gasteiger charge is -2.25. The number of hydrogen-bond donors (Lipinski definition) is 0. The maximum atomic E-state index is 13.9. The van der Waals surface area contributed by atoms with Crippen LogP contribution in [0, 0.1) is 0 Å². The highest BCUT2D eigenvalue weighted by Crippen LogP contribution is 2.27. The molecule has 0 heterocycles. The van der Waals surface area contributed by atoms with Crippen LogP contribution in [0.3, 0.4) is 0 Å². The number of nitrogens with zero attached hydrogens (tertiary/aromatic N) is 2. The van der Waals surface area contributed by atoms with E-state index in [0.717, 1.165) is 17.1 Å². The fraction of sp³-hybridized carbons (Fsp3) is 0.133. The highest BCUT2D eigenvalue weighted by molar-refractivity contribution is 6.28. The number of aliphatic imine (C=N–C) groups is 1. The molecular weight excluding hydrogens is 436 g/mol. The molecule has 0 spiro atoms. The maximum Gasteiger partial charge on any atom is 0.264 e. The van der Waals surface area contributed by atoms with Gasteiger partial charge in [0.1, 0.15) is 17.3 Å². The Morgan fingerprint density at radius 1 is 0.657 bits per heavy atom. The zero-order valence-corrected chi connectivity index (χ0v) is 19.9. The van der Waals surface area contributed by atoms with Gasteiger partial charge >= 0.3 is 0 Å². The summed E-state index contributed by atoms with van der Waals surface area (Å²) >= 11 is 0. The van der Waals surface area contributed by atoms with Crippen molar-refractivity contribution in [2.45, 2.75) is 13.8 Å². The minimum atomic E-state index is -0.178. The van der Waals surface area contributed by atoms with Crippen LogP contribution in [0.5, 0.6) is 11.5 Å². The lowest BCUT2D eigenvalue weighted by molar-refractivity contribution is 0.100. The highest BCUT2D eigenvalue weighted by Gasteiger charge is 2.24. The molecule has 5 nitrogen and oxygen atoms in total. The van der Waals surface area contributed by atoms with Crippen LogP contribution in [0.1, 0.15) is 29.8 Å². The number of anilines is 1. The van der Waals surface area contributed by atoms with Crippen LogP contribution in [-0.4, -0.2) is 25.0 Å². The van der Waals surface area contributed by atoms with Crippen molar-refractivity contribution in [3.05, 3.63) is 120 Å². The summed E-state index contributed by atoms with van der Waals surface area (Å²) in [6.07, 6.45) is 0. The average molecular weight is 465 g/mol. The van der Waals surface area contributed by atoms with Gasteiger partial charge in [-0.3, -0.25) is 9.69 Å². The zero-order valence-electron chi connectivity index (χ0n) is 19.9. The molecule has 0 bridgehead atoms. The molecule has 4 aromatic rings. The van der Waals surface area contributed by atoms with Crippen molar-refractivity contribution in [1.29, 1.82) is 0 Å². The van der Waals surface area contributed by atoms with Crippen molar-refractivity contribution >= 4 is 23.1 Å². The van der Waals surface area contributed by atoms with E-state index in [1.54, 1.807) is 4.90 Å². The molecule has 0 aliphatic rings. The maximum absolute atomic E-state index is 13.9. The zero-order chi connectivity index (χ0) is 24.5. The molecule has 0 N–H and O–H groups in total. The summed E-state index contributed by atoms with van der Waals surface area (Å²) in [5.74, 6) is 1.86. The number of carbonyl (C=O) groups excluding carboxylic acids is 1. The van der Waals surface area contributed by atoms with Crippen LogP contribution < -0.4 is 14.4 Å². The Balaban J connectivity index is 1.86. The Bertz CT molecular complexity index is 1250. The van der Waals surface area contributed by atoms with E-state index in [4.69, 9.17) is 14.5 Å². The van der Waals surface area contributed by atoms with Crippen molar-refractivity contribution in [2.75, 3.05) is 18.1 Å². The van der Waals surface area contributed by atoms with Gasteiger partial charge in [0, 0.05) is 11.1 Å².